The van der Waals surface area contributed by atoms with Gasteiger partial charge in [0.2, 0.25) is 5.75 Å². The highest BCUT2D eigenvalue weighted by Crippen LogP contribution is 2.40. The molecule has 11 heteroatoms. The van der Waals surface area contributed by atoms with E-state index < -0.39 is 12.0 Å². The Morgan fingerprint density at radius 1 is 1.09 bits per heavy atom. The number of methoxy groups -OCH3 is 4. The Balaban J connectivity index is 2.00. The van der Waals surface area contributed by atoms with Crippen LogP contribution in [0.2, 0.25) is 0 Å². The van der Waals surface area contributed by atoms with Crippen LogP contribution in [0.25, 0.3) is 6.08 Å². The summed E-state index contributed by atoms with van der Waals surface area (Å²) in [4.78, 5) is 31.6. The Bertz CT molecular complexity index is 1530. The number of nitrogens with zero attached hydrogens (tertiary/aromatic N) is 4. The number of rotatable bonds is 6. The van der Waals surface area contributed by atoms with Crippen molar-refractivity contribution >= 4 is 23.4 Å². The van der Waals surface area contributed by atoms with Gasteiger partial charge in [-0.05, 0) is 32.1 Å². The third-order valence-corrected chi connectivity index (χ3v) is 7.00. The van der Waals surface area contributed by atoms with Crippen LogP contribution in [-0.2, 0) is 16.6 Å². The fourth-order valence-electron chi connectivity index (χ4n) is 4.15. The second-order valence-corrected chi connectivity index (χ2v) is 8.81. The van der Waals surface area contributed by atoms with E-state index in [2.05, 4.69) is 10.1 Å². The first-order valence-electron chi connectivity index (χ1n) is 10.7. The summed E-state index contributed by atoms with van der Waals surface area (Å²) in [7, 11) is 7.69. The number of benzene rings is 1. The minimum Gasteiger partial charge on any atom is -0.493 e. The van der Waals surface area contributed by atoms with Gasteiger partial charge in [0.05, 0.1) is 50.4 Å². The molecule has 0 saturated heterocycles. The van der Waals surface area contributed by atoms with E-state index in [1.54, 1.807) is 43.1 Å². The fraction of sp³-hybridized carbons (Fsp3) is 0.333. The van der Waals surface area contributed by atoms with E-state index >= 15 is 0 Å². The Morgan fingerprint density at radius 2 is 1.80 bits per heavy atom. The van der Waals surface area contributed by atoms with Crippen molar-refractivity contribution in [3.63, 3.8) is 0 Å². The molecule has 3 aromatic rings. The van der Waals surface area contributed by atoms with Crippen molar-refractivity contribution in [2.75, 3.05) is 28.4 Å². The summed E-state index contributed by atoms with van der Waals surface area (Å²) >= 11 is 1.22. The van der Waals surface area contributed by atoms with Gasteiger partial charge in [-0.25, -0.2) is 9.79 Å². The summed E-state index contributed by atoms with van der Waals surface area (Å²) in [5, 5.41) is 4.32. The van der Waals surface area contributed by atoms with Gasteiger partial charge < -0.3 is 18.9 Å². The van der Waals surface area contributed by atoms with Gasteiger partial charge >= 0.3 is 5.97 Å². The average molecular weight is 499 g/mol. The molecule has 0 spiro atoms. The minimum absolute atomic E-state index is 0.297. The molecule has 35 heavy (non-hydrogen) atoms. The van der Waals surface area contributed by atoms with Gasteiger partial charge in [0.1, 0.15) is 6.04 Å². The van der Waals surface area contributed by atoms with Gasteiger partial charge in [-0.3, -0.25) is 14.0 Å². The third kappa shape index (κ3) is 3.91. The Hall–Kier alpha value is -3.86. The second-order valence-electron chi connectivity index (χ2n) is 7.81. The highest BCUT2D eigenvalue weighted by Gasteiger charge is 2.35. The molecule has 1 aliphatic rings. The van der Waals surface area contributed by atoms with Crippen molar-refractivity contribution < 1.29 is 23.7 Å². The Morgan fingerprint density at radius 3 is 2.37 bits per heavy atom. The molecule has 1 aromatic carbocycles. The van der Waals surface area contributed by atoms with E-state index in [-0.39, 0.29) is 5.56 Å². The number of aryl methyl sites for hydroxylation is 1. The maximum Gasteiger partial charge on any atom is 0.338 e. The number of fused-ring (bicyclic) bond motifs is 1. The second kappa shape index (κ2) is 9.41. The quantitative estimate of drug-likeness (QED) is 0.474. The molecule has 0 radical (unpaired) electrons. The smallest absolute Gasteiger partial charge is 0.338 e. The molecule has 0 N–H and O–H groups in total. The predicted molar refractivity (Wildman–Crippen MR) is 130 cm³/mol. The molecule has 0 bridgehead atoms. The van der Waals surface area contributed by atoms with Crippen LogP contribution in [0.15, 0.2) is 39.4 Å². The molecule has 4 rings (SSSR count). The summed E-state index contributed by atoms with van der Waals surface area (Å²) in [6.07, 6.45) is 3.38. The predicted octanol–water partition coefficient (Wildman–Crippen LogP) is 1.48. The molecule has 184 valence electrons. The molecular weight excluding hydrogens is 472 g/mol. The Kier molecular flexibility index (Phi) is 6.53. The van der Waals surface area contributed by atoms with Crippen molar-refractivity contribution in [1.29, 1.82) is 0 Å². The maximum absolute atomic E-state index is 13.7. The van der Waals surface area contributed by atoms with Crippen molar-refractivity contribution in [2.45, 2.75) is 19.9 Å². The minimum atomic E-state index is -0.721. The zero-order chi connectivity index (χ0) is 25.4. The first kappa shape index (κ1) is 24.3. The molecule has 0 amide bonds. The van der Waals surface area contributed by atoms with E-state index in [4.69, 9.17) is 18.9 Å². The monoisotopic (exact) mass is 498 g/mol. The van der Waals surface area contributed by atoms with E-state index in [0.717, 1.165) is 11.3 Å². The normalized spacial score (nSPS) is 15.5. The number of carbonyl (C=O) groups excluding carboxylic acids is 1. The van der Waals surface area contributed by atoms with Crippen LogP contribution >= 0.6 is 11.3 Å². The molecular formula is C24H26N4O6S. The van der Waals surface area contributed by atoms with Crippen LogP contribution in [-0.4, -0.2) is 48.8 Å². The van der Waals surface area contributed by atoms with Gasteiger partial charge in [-0.15, -0.1) is 0 Å². The number of hydrogen-bond acceptors (Lipinski definition) is 9. The van der Waals surface area contributed by atoms with Gasteiger partial charge in [0.15, 0.2) is 16.3 Å². The summed E-state index contributed by atoms with van der Waals surface area (Å²) < 4.78 is 25.1. The average Bonchev–Trinajstić information content (AvgIpc) is 3.35. The fourth-order valence-corrected chi connectivity index (χ4v) is 5.19. The van der Waals surface area contributed by atoms with Gasteiger partial charge in [0, 0.05) is 23.9 Å². The van der Waals surface area contributed by atoms with Crippen molar-refractivity contribution in [1.82, 2.24) is 14.3 Å². The van der Waals surface area contributed by atoms with Gasteiger partial charge in [-0.2, -0.15) is 5.10 Å². The number of carbonyl (C=O) groups is 1. The molecule has 0 unspecified atom stereocenters. The summed E-state index contributed by atoms with van der Waals surface area (Å²) in [5.41, 5.74) is 2.66. The van der Waals surface area contributed by atoms with Crippen LogP contribution in [0.1, 0.15) is 29.8 Å². The lowest BCUT2D eigenvalue weighted by atomic mass is 9.96. The van der Waals surface area contributed by atoms with Crippen LogP contribution in [0.4, 0.5) is 0 Å². The van der Waals surface area contributed by atoms with Crippen molar-refractivity contribution in [3.8, 4) is 17.2 Å². The first-order valence-corrected chi connectivity index (χ1v) is 11.5. The maximum atomic E-state index is 13.7. The number of ether oxygens (including phenoxy) is 4. The standard InChI is InChI=1S/C24H26N4O6S/c1-12-18(23(30)34-7)19(15-11-25-27(3)13(15)2)28-22(29)17(35-24(28)26-12)10-14-8-9-16(31-4)21(33-6)20(14)32-5/h8-11,19H,1-7H3/b17-10+/t19-/m1/s1. The summed E-state index contributed by atoms with van der Waals surface area (Å²) in [5.74, 6) is 0.816. The zero-order valence-electron chi connectivity index (χ0n) is 20.5. The topological polar surface area (TPSA) is 106 Å². The SMILES string of the molecule is COC(=O)C1=C(C)N=c2s/c(=C/c3ccc(OC)c(OC)c3OC)c(=O)n2[C@@H]1c1cnn(C)c1C. The third-order valence-electron chi connectivity index (χ3n) is 6.02. The lowest BCUT2D eigenvalue weighted by Crippen LogP contribution is -2.40. The number of esters is 1. The van der Waals surface area contributed by atoms with Crippen LogP contribution in [0.3, 0.4) is 0 Å². The van der Waals surface area contributed by atoms with E-state index in [1.807, 2.05) is 6.92 Å². The highest BCUT2D eigenvalue weighted by atomic mass is 32.1. The molecule has 10 nitrogen and oxygen atoms in total. The van der Waals surface area contributed by atoms with E-state index in [0.29, 0.717) is 43.4 Å². The lowest BCUT2D eigenvalue weighted by molar-refractivity contribution is -0.136. The lowest BCUT2D eigenvalue weighted by Gasteiger charge is -2.23. The van der Waals surface area contributed by atoms with E-state index in [1.165, 1.54) is 44.3 Å². The Labute approximate surface area is 205 Å². The first-order chi connectivity index (χ1) is 16.8. The number of allylic oxidation sites excluding steroid dienone is 1. The molecule has 0 fully saturated rings. The van der Waals surface area contributed by atoms with Crippen LogP contribution in [0.5, 0.6) is 17.2 Å². The number of thiazole rings is 1. The van der Waals surface area contributed by atoms with Gasteiger partial charge in [-0.1, -0.05) is 11.3 Å². The molecule has 0 saturated carbocycles. The summed E-state index contributed by atoms with van der Waals surface area (Å²) in [6, 6.07) is 2.81. The van der Waals surface area contributed by atoms with Crippen LogP contribution in [0, 0.1) is 6.92 Å². The van der Waals surface area contributed by atoms with Gasteiger partial charge in [0.25, 0.3) is 5.56 Å². The molecule has 1 atom stereocenters. The van der Waals surface area contributed by atoms with Crippen molar-refractivity contribution in [3.05, 3.63) is 66.1 Å². The molecule has 1 aliphatic heterocycles. The molecule has 0 aliphatic carbocycles. The summed E-state index contributed by atoms with van der Waals surface area (Å²) in [6.45, 7) is 3.62. The highest BCUT2D eigenvalue weighted by molar-refractivity contribution is 7.07. The molecule has 3 heterocycles. The molecule has 2 aromatic heterocycles. The number of aromatic nitrogens is 3. The largest absolute Gasteiger partial charge is 0.493 e. The van der Waals surface area contributed by atoms with Crippen LogP contribution < -0.4 is 29.1 Å². The zero-order valence-corrected chi connectivity index (χ0v) is 21.3. The number of hydrogen-bond donors (Lipinski definition) is 0. The van der Waals surface area contributed by atoms with E-state index in [9.17, 15) is 9.59 Å². The van der Waals surface area contributed by atoms with Crippen molar-refractivity contribution in [2.24, 2.45) is 12.0 Å².